The van der Waals surface area contributed by atoms with E-state index in [4.69, 9.17) is 9.47 Å². The van der Waals surface area contributed by atoms with Crippen LogP contribution in [0.1, 0.15) is 27.2 Å². The summed E-state index contributed by atoms with van der Waals surface area (Å²) in [4.78, 5) is 0. The van der Waals surface area contributed by atoms with Crippen molar-refractivity contribution in [2.45, 2.75) is 38.9 Å². The van der Waals surface area contributed by atoms with Crippen LogP contribution < -0.4 is 0 Å². The molecular formula is C9H20O3. The second kappa shape index (κ2) is 5.51. The van der Waals surface area contributed by atoms with Crippen molar-refractivity contribution in [3.8, 4) is 0 Å². The van der Waals surface area contributed by atoms with Crippen molar-refractivity contribution in [1.29, 1.82) is 0 Å². The molecule has 1 heterocycles. The van der Waals surface area contributed by atoms with Gasteiger partial charge < -0.3 is 14.6 Å². The van der Waals surface area contributed by atoms with Crippen LogP contribution in [0.15, 0.2) is 0 Å². The first-order valence-corrected chi connectivity index (χ1v) is 4.50. The Morgan fingerprint density at radius 1 is 1.50 bits per heavy atom. The van der Waals surface area contributed by atoms with Crippen molar-refractivity contribution in [3.05, 3.63) is 0 Å². The first-order chi connectivity index (χ1) is 5.67. The monoisotopic (exact) mass is 176 g/mol. The number of hydrogen-bond acceptors (Lipinski definition) is 3. The van der Waals surface area contributed by atoms with Crippen molar-refractivity contribution in [1.82, 2.24) is 0 Å². The van der Waals surface area contributed by atoms with E-state index in [2.05, 4.69) is 0 Å². The highest BCUT2D eigenvalue weighted by atomic mass is 16.5. The molecule has 74 valence electrons. The van der Waals surface area contributed by atoms with E-state index in [1.54, 1.807) is 14.0 Å². The summed E-state index contributed by atoms with van der Waals surface area (Å²) < 4.78 is 10.2. The summed E-state index contributed by atoms with van der Waals surface area (Å²) in [6, 6.07) is 0. The zero-order valence-electron chi connectivity index (χ0n) is 8.46. The van der Waals surface area contributed by atoms with E-state index in [1.165, 1.54) is 0 Å². The van der Waals surface area contributed by atoms with Gasteiger partial charge in [0.15, 0.2) is 0 Å². The van der Waals surface area contributed by atoms with Crippen LogP contribution in [0.3, 0.4) is 0 Å². The van der Waals surface area contributed by atoms with Crippen molar-refractivity contribution < 1.29 is 14.6 Å². The molecule has 0 aromatic heterocycles. The van der Waals surface area contributed by atoms with E-state index in [0.717, 1.165) is 0 Å². The maximum absolute atomic E-state index is 9.63. The van der Waals surface area contributed by atoms with E-state index < -0.39 is 5.60 Å². The normalized spacial score (nSPS) is 35.2. The molecule has 0 bridgehead atoms. The van der Waals surface area contributed by atoms with Crippen molar-refractivity contribution >= 4 is 0 Å². The predicted molar refractivity (Wildman–Crippen MR) is 48.2 cm³/mol. The fraction of sp³-hybridized carbons (Fsp3) is 1.00. The predicted octanol–water partition coefficient (Wildman–Crippen LogP) is 1.20. The van der Waals surface area contributed by atoms with E-state index in [-0.39, 0.29) is 6.10 Å². The minimum Gasteiger partial charge on any atom is -0.387 e. The largest absolute Gasteiger partial charge is 0.387 e. The summed E-state index contributed by atoms with van der Waals surface area (Å²) >= 11 is 0. The molecule has 12 heavy (non-hydrogen) atoms. The van der Waals surface area contributed by atoms with Crippen molar-refractivity contribution in [3.63, 3.8) is 0 Å². The molecule has 1 rings (SSSR count). The lowest BCUT2D eigenvalue weighted by Gasteiger charge is -2.35. The quantitative estimate of drug-likeness (QED) is 0.652. The zero-order chi connectivity index (χ0) is 9.61. The molecule has 3 nitrogen and oxygen atoms in total. The van der Waals surface area contributed by atoms with Gasteiger partial charge in [-0.1, -0.05) is 13.8 Å². The average Bonchev–Trinajstić information content (AvgIpc) is 2.07. The number of hydrogen-bond donors (Lipinski definition) is 1. The summed E-state index contributed by atoms with van der Waals surface area (Å²) in [5.41, 5.74) is -0.701. The van der Waals surface area contributed by atoms with E-state index >= 15 is 0 Å². The van der Waals surface area contributed by atoms with Crippen LogP contribution >= 0.6 is 0 Å². The molecular weight excluding hydrogens is 156 g/mol. The highest BCUT2D eigenvalue weighted by Gasteiger charge is 2.34. The van der Waals surface area contributed by atoms with Gasteiger partial charge >= 0.3 is 0 Å². The van der Waals surface area contributed by atoms with Gasteiger partial charge in [-0.3, -0.25) is 0 Å². The third kappa shape index (κ3) is 3.09. The molecule has 3 heteroatoms. The highest BCUT2D eigenvalue weighted by molar-refractivity contribution is 4.85. The van der Waals surface area contributed by atoms with Crippen LogP contribution in [0.2, 0.25) is 0 Å². The van der Waals surface area contributed by atoms with E-state index in [0.29, 0.717) is 19.6 Å². The highest BCUT2D eigenvalue weighted by Crippen LogP contribution is 2.21. The molecule has 0 aliphatic carbocycles. The summed E-state index contributed by atoms with van der Waals surface area (Å²) in [6.07, 6.45) is 0.493. The Kier molecular flexibility index (Phi) is 5.46. The fourth-order valence-corrected chi connectivity index (χ4v) is 1.13. The third-order valence-electron chi connectivity index (χ3n) is 2.00. The van der Waals surface area contributed by atoms with Crippen LogP contribution in [0.4, 0.5) is 0 Å². The van der Waals surface area contributed by atoms with E-state index in [1.807, 2.05) is 13.8 Å². The van der Waals surface area contributed by atoms with Gasteiger partial charge in [0, 0.05) is 20.1 Å². The van der Waals surface area contributed by atoms with Gasteiger partial charge in [0.1, 0.15) is 6.10 Å². The molecule has 1 N–H and O–H groups in total. The lowest BCUT2D eigenvalue weighted by atomic mass is 9.94. The Balaban J connectivity index is 0.000000561. The van der Waals surface area contributed by atoms with Crippen LogP contribution in [-0.2, 0) is 9.47 Å². The minimum atomic E-state index is -0.701. The Morgan fingerprint density at radius 2 is 2.08 bits per heavy atom. The maximum atomic E-state index is 9.63. The third-order valence-corrected chi connectivity index (χ3v) is 2.00. The van der Waals surface area contributed by atoms with Crippen LogP contribution in [-0.4, -0.2) is 37.1 Å². The summed E-state index contributed by atoms with van der Waals surface area (Å²) in [6.45, 7) is 6.92. The maximum Gasteiger partial charge on any atom is 0.109 e. The smallest absolute Gasteiger partial charge is 0.109 e. The molecule has 0 amide bonds. The van der Waals surface area contributed by atoms with Crippen LogP contribution in [0.5, 0.6) is 0 Å². The van der Waals surface area contributed by atoms with Crippen LogP contribution in [0, 0.1) is 0 Å². The lowest BCUT2D eigenvalue weighted by Crippen LogP contribution is -2.48. The molecule has 0 spiro atoms. The molecule has 1 aliphatic rings. The lowest BCUT2D eigenvalue weighted by molar-refractivity contribution is -0.155. The van der Waals surface area contributed by atoms with Crippen molar-refractivity contribution in [2.75, 3.05) is 20.3 Å². The van der Waals surface area contributed by atoms with Crippen molar-refractivity contribution in [2.24, 2.45) is 0 Å². The second-order valence-electron chi connectivity index (χ2n) is 2.91. The SMILES string of the molecule is CC.COC1COCCC1(C)O. The average molecular weight is 176 g/mol. The molecule has 0 radical (unpaired) electrons. The molecule has 0 aromatic carbocycles. The van der Waals surface area contributed by atoms with Gasteiger partial charge in [-0.2, -0.15) is 0 Å². The minimum absolute atomic E-state index is 0.166. The molecule has 0 saturated carbocycles. The summed E-state index contributed by atoms with van der Waals surface area (Å²) in [5, 5.41) is 9.63. The van der Waals surface area contributed by atoms with Gasteiger partial charge in [-0.05, 0) is 6.92 Å². The topological polar surface area (TPSA) is 38.7 Å². The van der Waals surface area contributed by atoms with Gasteiger partial charge in [0.05, 0.1) is 12.2 Å². The molecule has 2 unspecified atom stereocenters. The van der Waals surface area contributed by atoms with Gasteiger partial charge in [0.2, 0.25) is 0 Å². The Hall–Kier alpha value is -0.120. The summed E-state index contributed by atoms with van der Waals surface area (Å²) in [7, 11) is 1.59. The fourth-order valence-electron chi connectivity index (χ4n) is 1.13. The van der Waals surface area contributed by atoms with Gasteiger partial charge in [-0.25, -0.2) is 0 Å². The number of ether oxygens (including phenoxy) is 2. The molecule has 1 fully saturated rings. The zero-order valence-corrected chi connectivity index (χ0v) is 8.46. The number of methoxy groups -OCH3 is 1. The molecule has 0 aromatic rings. The first kappa shape index (κ1) is 11.9. The Morgan fingerprint density at radius 3 is 2.42 bits per heavy atom. The number of aliphatic hydroxyl groups is 1. The molecule has 1 saturated heterocycles. The molecule has 2 atom stereocenters. The first-order valence-electron chi connectivity index (χ1n) is 4.50. The van der Waals surface area contributed by atoms with E-state index in [9.17, 15) is 5.11 Å². The second-order valence-corrected chi connectivity index (χ2v) is 2.91. The number of rotatable bonds is 1. The standard InChI is InChI=1S/C7H14O3.C2H6/c1-7(8)3-4-10-5-6(7)9-2;1-2/h6,8H,3-5H2,1-2H3;1-2H3. The Labute approximate surface area is 74.7 Å². The van der Waals surface area contributed by atoms with Gasteiger partial charge in [0.25, 0.3) is 0 Å². The molecule has 1 aliphatic heterocycles. The van der Waals surface area contributed by atoms with Gasteiger partial charge in [-0.15, -0.1) is 0 Å². The summed E-state index contributed by atoms with van der Waals surface area (Å²) in [5.74, 6) is 0. The van der Waals surface area contributed by atoms with Crippen LogP contribution in [0.25, 0.3) is 0 Å². The Bertz CT molecular complexity index is 112.